The lowest BCUT2D eigenvalue weighted by Crippen LogP contribution is -2.35. The molecule has 0 aliphatic carbocycles. The van der Waals surface area contributed by atoms with Crippen LogP contribution in [0.3, 0.4) is 0 Å². The van der Waals surface area contributed by atoms with Gasteiger partial charge in [-0.15, -0.1) is 0 Å². The maximum Gasteiger partial charge on any atom is 0.130 e. The van der Waals surface area contributed by atoms with E-state index in [1.807, 2.05) is 26.1 Å². The lowest BCUT2D eigenvalue weighted by molar-refractivity contribution is 0.377. The number of anilines is 1. The summed E-state index contributed by atoms with van der Waals surface area (Å²) < 4.78 is 0. The lowest BCUT2D eigenvalue weighted by Gasteiger charge is -2.33. The van der Waals surface area contributed by atoms with Gasteiger partial charge in [0.05, 0.1) is 11.6 Å². The van der Waals surface area contributed by atoms with Crippen LogP contribution in [0.4, 0.5) is 5.82 Å². The normalized spacial score (nSPS) is 16.4. The summed E-state index contributed by atoms with van der Waals surface area (Å²) in [5, 5.41) is 12.2. The molecule has 0 bridgehead atoms. The molecular formula is C15H22N4. The average molecular weight is 258 g/mol. The number of aryl methyl sites for hydroxylation is 1. The third kappa shape index (κ3) is 3.68. The molecule has 102 valence electrons. The molecule has 1 aliphatic rings. The molecule has 1 aliphatic heterocycles. The van der Waals surface area contributed by atoms with Gasteiger partial charge in [-0.1, -0.05) is 0 Å². The highest BCUT2D eigenvalue weighted by atomic mass is 15.2. The van der Waals surface area contributed by atoms with Gasteiger partial charge in [-0.05, 0) is 57.8 Å². The zero-order valence-corrected chi connectivity index (χ0v) is 11.8. The summed E-state index contributed by atoms with van der Waals surface area (Å²) in [5.74, 6) is 1.78. The van der Waals surface area contributed by atoms with E-state index < -0.39 is 0 Å². The summed E-state index contributed by atoms with van der Waals surface area (Å²) in [4.78, 5) is 6.86. The highest BCUT2D eigenvalue weighted by Gasteiger charge is 2.20. The van der Waals surface area contributed by atoms with Crippen LogP contribution in [-0.4, -0.2) is 31.7 Å². The third-order valence-corrected chi connectivity index (χ3v) is 3.81. The number of rotatable bonds is 4. The zero-order chi connectivity index (χ0) is 13.7. The Bertz CT molecular complexity index is 456. The molecule has 1 N–H and O–H groups in total. The lowest BCUT2D eigenvalue weighted by atomic mass is 9.93. The molecule has 0 radical (unpaired) electrons. The Morgan fingerprint density at radius 3 is 2.79 bits per heavy atom. The third-order valence-electron chi connectivity index (χ3n) is 3.81. The maximum atomic E-state index is 9.02. The fraction of sp³-hybridized carbons (Fsp3) is 0.600. The summed E-state index contributed by atoms with van der Waals surface area (Å²) in [7, 11) is 2.01. The Balaban J connectivity index is 1.98. The zero-order valence-electron chi connectivity index (χ0n) is 11.8. The van der Waals surface area contributed by atoms with Crippen molar-refractivity contribution in [3.8, 4) is 6.07 Å². The van der Waals surface area contributed by atoms with Crippen LogP contribution in [-0.2, 0) is 0 Å². The molecule has 2 heterocycles. The largest absolute Gasteiger partial charge is 0.357 e. The average Bonchev–Trinajstić information content (AvgIpc) is 2.45. The number of pyridine rings is 1. The maximum absolute atomic E-state index is 9.02. The van der Waals surface area contributed by atoms with Gasteiger partial charge in [-0.25, -0.2) is 4.98 Å². The van der Waals surface area contributed by atoms with E-state index in [-0.39, 0.29) is 0 Å². The van der Waals surface area contributed by atoms with Crippen molar-refractivity contribution in [2.75, 3.05) is 31.6 Å². The van der Waals surface area contributed by atoms with Crippen molar-refractivity contribution in [1.29, 1.82) is 5.26 Å². The van der Waals surface area contributed by atoms with E-state index in [9.17, 15) is 0 Å². The number of nitrogens with one attached hydrogen (secondary N) is 1. The number of hydrogen-bond acceptors (Lipinski definition) is 4. The van der Waals surface area contributed by atoms with Crippen LogP contribution in [0.15, 0.2) is 12.1 Å². The van der Waals surface area contributed by atoms with Gasteiger partial charge in [-0.2, -0.15) is 5.26 Å². The monoisotopic (exact) mass is 258 g/mol. The highest BCUT2D eigenvalue weighted by Crippen LogP contribution is 2.24. The molecular weight excluding hydrogens is 236 g/mol. The summed E-state index contributed by atoms with van der Waals surface area (Å²) in [6.45, 7) is 5.15. The molecule has 1 aromatic rings. The molecule has 4 nitrogen and oxygen atoms in total. The van der Waals surface area contributed by atoms with Crippen molar-refractivity contribution in [3.05, 3.63) is 23.4 Å². The molecule has 4 heteroatoms. The van der Waals surface area contributed by atoms with Crippen LogP contribution in [0.2, 0.25) is 0 Å². The Hall–Kier alpha value is -1.60. The Morgan fingerprint density at radius 1 is 1.42 bits per heavy atom. The molecule has 0 saturated carbocycles. The smallest absolute Gasteiger partial charge is 0.130 e. The molecule has 2 rings (SSSR count). The van der Waals surface area contributed by atoms with Gasteiger partial charge in [-0.3, -0.25) is 0 Å². The van der Waals surface area contributed by atoms with Crippen molar-refractivity contribution >= 4 is 5.82 Å². The van der Waals surface area contributed by atoms with Gasteiger partial charge in [0.25, 0.3) is 0 Å². The van der Waals surface area contributed by atoms with E-state index in [4.69, 9.17) is 5.26 Å². The van der Waals surface area contributed by atoms with E-state index >= 15 is 0 Å². The van der Waals surface area contributed by atoms with Gasteiger partial charge in [0.1, 0.15) is 5.82 Å². The number of nitrogens with zero attached hydrogens (tertiary/aromatic N) is 3. The number of nitriles is 1. The van der Waals surface area contributed by atoms with Gasteiger partial charge in [0.15, 0.2) is 0 Å². The molecule has 0 aromatic carbocycles. The summed E-state index contributed by atoms with van der Waals surface area (Å²) >= 11 is 0. The second-order valence-electron chi connectivity index (χ2n) is 5.29. The number of aromatic nitrogens is 1. The fourth-order valence-corrected chi connectivity index (χ4v) is 2.68. The molecule has 19 heavy (non-hydrogen) atoms. The summed E-state index contributed by atoms with van der Waals surface area (Å²) in [5.41, 5.74) is 1.63. The quantitative estimate of drug-likeness (QED) is 0.898. The Kier molecular flexibility index (Phi) is 4.75. The number of hydrogen-bond donors (Lipinski definition) is 1. The molecule has 0 atom stereocenters. The fourth-order valence-electron chi connectivity index (χ4n) is 2.68. The first-order chi connectivity index (χ1) is 9.22. The van der Waals surface area contributed by atoms with Crippen LogP contribution in [0.1, 0.15) is 30.5 Å². The minimum atomic E-state index is 0.708. The van der Waals surface area contributed by atoms with Crippen LogP contribution in [0.5, 0.6) is 0 Å². The standard InChI is InChI=1S/C15H22N4/c1-12-9-14(11-16)10-15(18-12)19-7-4-13(5-8-19)3-6-17-2/h9-10,13,17H,3-8H2,1-2H3. The first-order valence-corrected chi connectivity index (χ1v) is 7.01. The van der Waals surface area contributed by atoms with Crippen molar-refractivity contribution in [3.63, 3.8) is 0 Å². The molecule has 1 fully saturated rings. The second-order valence-corrected chi connectivity index (χ2v) is 5.29. The van der Waals surface area contributed by atoms with E-state index in [0.29, 0.717) is 5.56 Å². The highest BCUT2D eigenvalue weighted by molar-refractivity contribution is 5.46. The molecule has 1 aromatic heterocycles. The predicted molar refractivity (Wildman–Crippen MR) is 77.2 cm³/mol. The van der Waals surface area contributed by atoms with Crippen molar-refractivity contribution < 1.29 is 0 Å². The SMILES string of the molecule is CNCCC1CCN(c2cc(C#N)cc(C)n2)CC1. The Labute approximate surface area is 115 Å². The minimum Gasteiger partial charge on any atom is -0.357 e. The van der Waals surface area contributed by atoms with Crippen molar-refractivity contribution in [2.24, 2.45) is 5.92 Å². The number of piperidine rings is 1. The first-order valence-electron chi connectivity index (χ1n) is 7.01. The first kappa shape index (κ1) is 13.8. The topological polar surface area (TPSA) is 52.0 Å². The van der Waals surface area contributed by atoms with Crippen LogP contribution >= 0.6 is 0 Å². The van der Waals surface area contributed by atoms with E-state index in [1.54, 1.807) is 0 Å². The van der Waals surface area contributed by atoms with E-state index in [0.717, 1.165) is 37.1 Å². The van der Waals surface area contributed by atoms with Crippen LogP contribution in [0, 0.1) is 24.2 Å². The van der Waals surface area contributed by atoms with Gasteiger partial charge < -0.3 is 10.2 Å². The molecule has 0 amide bonds. The van der Waals surface area contributed by atoms with Gasteiger partial charge >= 0.3 is 0 Å². The van der Waals surface area contributed by atoms with Gasteiger partial charge in [0, 0.05) is 18.8 Å². The molecule has 0 unspecified atom stereocenters. The Morgan fingerprint density at radius 2 is 2.16 bits per heavy atom. The molecule has 1 saturated heterocycles. The van der Waals surface area contributed by atoms with Crippen molar-refractivity contribution in [1.82, 2.24) is 10.3 Å². The minimum absolute atomic E-state index is 0.708. The second kappa shape index (κ2) is 6.53. The van der Waals surface area contributed by atoms with Crippen LogP contribution in [0.25, 0.3) is 0 Å². The summed E-state index contributed by atoms with van der Waals surface area (Å²) in [6.07, 6.45) is 3.70. The van der Waals surface area contributed by atoms with Gasteiger partial charge in [0.2, 0.25) is 0 Å². The predicted octanol–water partition coefficient (Wildman–Crippen LogP) is 2.09. The van der Waals surface area contributed by atoms with Crippen molar-refractivity contribution in [2.45, 2.75) is 26.2 Å². The van der Waals surface area contributed by atoms with E-state index in [2.05, 4.69) is 21.3 Å². The van der Waals surface area contributed by atoms with Crippen LogP contribution < -0.4 is 10.2 Å². The summed E-state index contributed by atoms with van der Waals surface area (Å²) in [6, 6.07) is 5.95. The molecule has 0 spiro atoms. The van der Waals surface area contributed by atoms with E-state index in [1.165, 1.54) is 19.3 Å².